The Morgan fingerprint density at radius 2 is 1.70 bits per heavy atom. The lowest BCUT2D eigenvalue weighted by atomic mass is 9.94. The van der Waals surface area contributed by atoms with Gasteiger partial charge in [0.05, 0.1) is 0 Å². The molecule has 27 heavy (non-hydrogen) atoms. The van der Waals surface area contributed by atoms with Crippen LogP contribution >= 0.6 is 12.4 Å². The minimum Gasteiger partial charge on any atom is -0.484 e. The summed E-state index contributed by atoms with van der Waals surface area (Å²) in [7, 11) is 0. The van der Waals surface area contributed by atoms with Gasteiger partial charge in [-0.3, -0.25) is 9.59 Å². The van der Waals surface area contributed by atoms with Crippen LogP contribution in [-0.4, -0.2) is 60.9 Å². The highest BCUT2D eigenvalue weighted by Crippen LogP contribution is 2.32. The summed E-state index contributed by atoms with van der Waals surface area (Å²) in [5.41, 5.74) is 5.78. The molecule has 3 rings (SSSR count). The van der Waals surface area contributed by atoms with Crippen molar-refractivity contribution in [2.75, 3.05) is 39.3 Å². The van der Waals surface area contributed by atoms with Gasteiger partial charge in [-0.25, -0.2) is 4.39 Å². The van der Waals surface area contributed by atoms with Crippen LogP contribution in [0.3, 0.4) is 0 Å². The molecule has 1 heterocycles. The Bertz CT molecular complexity index is 636. The normalized spacial score (nSPS) is 22.3. The summed E-state index contributed by atoms with van der Waals surface area (Å²) >= 11 is 0. The van der Waals surface area contributed by atoms with E-state index in [0.29, 0.717) is 44.4 Å². The number of benzene rings is 1. The third-order valence-corrected chi connectivity index (χ3v) is 5.40. The molecule has 0 spiro atoms. The van der Waals surface area contributed by atoms with E-state index in [1.807, 2.05) is 4.90 Å². The summed E-state index contributed by atoms with van der Waals surface area (Å²) in [6, 6.07) is 5.58. The van der Waals surface area contributed by atoms with Gasteiger partial charge in [-0.1, -0.05) is 6.42 Å². The first-order valence-electron chi connectivity index (χ1n) is 9.23. The first kappa shape index (κ1) is 21.4. The number of halogens is 2. The van der Waals surface area contributed by atoms with Gasteiger partial charge in [0.15, 0.2) is 6.61 Å². The number of hydrogen-bond acceptors (Lipinski definition) is 4. The van der Waals surface area contributed by atoms with Crippen molar-refractivity contribution in [2.24, 2.45) is 17.6 Å². The molecule has 2 atom stereocenters. The van der Waals surface area contributed by atoms with E-state index in [9.17, 15) is 14.0 Å². The molecule has 1 saturated carbocycles. The number of ether oxygens (including phenoxy) is 1. The van der Waals surface area contributed by atoms with Gasteiger partial charge < -0.3 is 20.3 Å². The monoisotopic (exact) mass is 399 g/mol. The first-order chi connectivity index (χ1) is 12.6. The zero-order chi connectivity index (χ0) is 18.5. The van der Waals surface area contributed by atoms with Gasteiger partial charge in [0.1, 0.15) is 11.6 Å². The zero-order valence-corrected chi connectivity index (χ0v) is 16.1. The molecular formula is C19H27ClFN3O3. The molecule has 0 unspecified atom stereocenters. The topological polar surface area (TPSA) is 75.9 Å². The van der Waals surface area contributed by atoms with Crippen LogP contribution < -0.4 is 10.5 Å². The van der Waals surface area contributed by atoms with Gasteiger partial charge in [-0.2, -0.15) is 0 Å². The number of nitrogens with zero attached hydrogens (tertiary/aromatic N) is 2. The molecule has 1 saturated heterocycles. The highest BCUT2D eigenvalue weighted by Gasteiger charge is 2.36. The maximum Gasteiger partial charge on any atom is 0.260 e. The van der Waals surface area contributed by atoms with Crippen LogP contribution in [0.15, 0.2) is 24.3 Å². The lowest BCUT2D eigenvalue weighted by molar-refractivity contribution is -0.143. The number of piperazine rings is 1. The molecule has 2 N–H and O–H groups in total. The van der Waals surface area contributed by atoms with Crippen LogP contribution in [0.25, 0.3) is 0 Å². The predicted octanol–water partition coefficient (Wildman–Crippen LogP) is 1.67. The molecule has 0 aromatic heterocycles. The van der Waals surface area contributed by atoms with Crippen LogP contribution in [0, 0.1) is 17.7 Å². The van der Waals surface area contributed by atoms with E-state index >= 15 is 0 Å². The van der Waals surface area contributed by atoms with Gasteiger partial charge in [0.25, 0.3) is 5.91 Å². The van der Waals surface area contributed by atoms with Crippen molar-refractivity contribution < 1.29 is 18.7 Å². The number of carbonyl (C=O) groups excluding carboxylic acids is 2. The van der Waals surface area contributed by atoms with Crippen molar-refractivity contribution in [1.82, 2.24) is 9.80 Å². The standard InChI is InChI=1S/C19H26FN3O3.ClH/c20-15-4-6-16(7-5-15)26-13-18(24)22-8-10-23(11-9-22)19(25)17-3-1-2-14(17)12-21;/h4-7,14,17H,1-3,8-13,21H2;1H/t14-,17-;/m1./s1. The van der Waals surface area contributed by atoms with Crippen LogP contribution in [0.4, 0.5) is 4.39 Å². The molecule has 2 fully saturated rings. The van der Waals surface area contributed by atoms with Gasteiger partial charge in [-0.05, 0) is 49.6 Å². The Hall–Kier alpha value is -1.86. The van der Waals surface area contributed by atoms with Crippen molar-refractivity contribution in [3.8, 4) is 5.75 Å². The quantitative estimate of drug-likeness (QED) is 0.817. The van der Waals surface area contributed by atoms with E-state index in [1.165, 1.54) is 24.3 Å². The van der Waals surface area contributed by atoms with E-state index < -0.39 is 0 Å². The third kappa shape index (κ3) is 5.32. The van der Waals surface area contributed by atoms with E-state index in [0.717, 1.165) is 19.3 Å². The van der Waals surface area contributed by atoms with Crippen molar-refractivity contribution in [2.45, 2.75) is 19.3 Å². The highest BCUT2D eigenvalue weighted by atomic mass is 35.5. The summed E-state index contributed by atoms with van der Waals surface area (Å²) in [6.45, 7) is 2.60. The third-order valence-electron chi connectivity index (χ3n) is 5.40. The second-order valence-electron chi connectivity index (χ2n) is 6.98. The van der Waals surface area contributed by atoms with Crippen LogP contribution in [0.2, 0.25) is 0 Å². The second kappa shape index (κ2) is 9.90. The summed E-state index contributed by atoms with van der Waals surface area (Å²) in [6.07, 6.45) is 3.02. The lowest BCUT2D eigenvalue weighted by Gasteiger charge is -2.36. The van der Waals surface area contributed by atoms with Crippen LogP contribution in [0.5, 0.6) is 5.75 Å². The largest absolute Gasteiger partial charge is 0.484 e. The molecule has 1 aliphatic carbocycles. The van der Waals surface area contributed by atoms with E-state index in [1.54, 1.807) is 4.90 Å². The minimum absolute atomic E-state index is 0. The lowest BCUT2D eigenvalue weighted by Crippen LogP contribution is -2.53. The molecule has 0 radical (unpaired) electrons. The summed E-state index contributed by atoms with van der Waals surface area (Å²) in [5, 5.41) is 0. The fourth-order valence-corrected chi connectivity index (χ4v) is 3.82. The summed E-state index contributed by atoms with van der Waals surface area (Å²) in [5.74, 6) is 0.524. The fourth-order valence-electron chi connectivity index (χ4n) is 3.82. The molecule has 8 heteroatoms. The van der Waals surface area contributed by atoms with E-state index in [-0.39, 0.29) is 42.6 Å². The van der Waals surface area contributed by atoms with Crippen molar-refractivity contribution in [1.29, 1.82) is 0 Å². The van der Waals surface area contributed by atoms with Gasteiger partial charge in [0.2, 0.25) is 5.91 Å². The Labute approximate surface area is 165 Å². The molecule has 6 nitrogen and oxygen atoms in total. The maximum atomic E-state index is 12.9. The van der Waals surface area contributed by atoms with Gasteiger partial charge in [0, 0.05) is 32.1 Å². The molecular weight excluding hydrogens is 373 g/mol. The number of rotatable bonds is 5. The van der Waals surface area contributed by atoms with E-state index in [2.05, 4.69) is 0 Å². The molecule has 2 aliphatic rings. The van der Waals surface area contributed by atoms with Gasteiger partial charge >= 0.3 is 0 Å². The summed E-state index contributed by atoms with van der Waals surface area (Å²) < 4.78 is 18.3. The Balaban J connectivity index is 0.00000261. The fraction of sp³-hybridized carbons (Fsp3) is 0.579. The predicted molar refractivity (Wildman–Crippen MR) is 102 cm³/mol. The Kier molecular flexibility index (Phi) is 7.86. The Morgan fingerprint density at radius 3 is 2.33 bits per heavy atom. The average molecular weight is 400 g/mol. The maximum absolute atomic E-state index is 12.9. The zero-order valence-electron chi connectivity index (χ0n) is 15.3. The van der Waals surface area contributed by atoms with Crippen LogP contribution in [-0.2, 0) is 9.59 Å². The number of carbonyl (C=O) groups is 2. The number of amides is 2. The summed E-state index contributed by atoms with van der Waals surface area (Å²) in [4.78, 5) is 28.5. The van der Waals surface area contributed by atoms with Crippen molar-refractivity contribution in [3.05, 3.63) is 30.1 Å². The average Bonchev–Trinajstić information content (AvgIpc) is 3.15. The molecule has 150 valence electrons. The molecule has 1 aliphatic heterocycles. The van der Waals surface area contributed by atoms with Gasteiger partial charge in [-0.15, -0.1) is 12.4 Å². The smallest absolute Gasteiger partial charge is 0.260 e. The number of nitrogens with two attached hydrogens (primary N) is 1. The molecule has 1 aromatic carbocycles. The highest BCUT2D eigenvalue weighted by molar-refractivity contribution is 5.85. The van der Waals surface area contributed by atoms with E-state index in [4.69, 9.17) is 10.5 Å². The molecule has 0 bridgehead atoms. The number of hydrogen-bond donors (Lipinski definition) is 1. The minimum atomic E-state index is -0.344. The first-order valence-corrected chi connectivity index (χ1v) is 9.23. The SMILES string of the molecule is Cl.NC[C@H]1CCC[C@H]1C(=O)N1CCN(C(=O)COc2ccc(F)cc2)CC1. The second-order valence-corrected chi connectivity index (χ2v) is 6.98. The Morgan fingerprint density at radius 1 is 1.07 bits per heavy atom. The van der Waals surface area contributed by atoms with Crippen molar-refractivity contribution in [3.63, 3.8) is 0 Å². The molecule has 1 aromatic rings. The van der Waals surface area contributed by atoms with Crippen LogP contribution in [0.1, 0.15) is 19.3 Å². The van der Waals surface area contributed by atoms with Crippen molar-refractivity contribution >= 4 is 24.2 Å². The molecule has 2 amide bonds.